The quantitative estimate of drug-likeness (QED) is 0.688. The number of aromatic nitrogens is 3. The van der Waals surface area contributed by atoms with Crippen molar-refractivity contribution in [1.82, 2.24) is 14.8 Å². The van der Waals surface area contributed by atoms with Crippen LogP contribution in [0.5, 0.6) is 0 Å². The standard InChI is InChI=1S/C19H16ClN5O3/c1-2-25-17(26)10-8-15(24-25)19(28)22-14-6-4-3-5-13(14)18(27)23-16-9-7-12(20)11-21-16/h3-11H,2H2,1H3,(H,22,28)(H,21,23,27). The van der Waals surface area contributed by atoms with Gasteiger partial charge in [0.15, 0.2) is 0 Å². The average molecular weight is 398 g/mol. The summed E-state index contributed by atoms with van der Waals surface area (Å²) in [5.41, 5.74) is 0.316. The van der Waals surface area contributed by atoms with E-state index in [-0.39, 0.29) is 16.8 Å². The summed E-state index contributed by atoms with van der Waals surface area (Å²) in [6.45, 7) is 2.09. The molecule has 2 aromatic heterocycles. The van der Waals surface area contributed by atoms with Gasteiger partial charge in [-0.25, -0.2) is 9.67 Å². The van der Waals surface area contributed by atoms with Gasteiger partial charge in [-0.3, -0.25) is 14.4 Å². The summed E-state index contributed by atoms with van der Waals surface area (Å²) in [7, 11) is 0. The Balaban J connectivity index is 1.81. The lowest BCUT2D eigenvalue weighted by molar-refractivity contribution is 0.102. The Morgan fingerprint density at radius 1 is 1.04 bits per heavy atom. The fourth-order valence-corrected chi connectivity index (χ4v) is 2.52. The van der Waals surface area contributed by atoms with Crippen LogP contribution in [0, 0.1) is 0 Å². The lowest BCUT2D eigenvalue weighted by Crippen LogP contribution is -2.26. The molecule has 8 nitrogen and oxygen atoms in total. The largest absolute Gasteiger partial charge is 0.320 e. The zero-order valence-corrected chi connectivity index (χ0v) is 15.6. The molecular weight excluding hydrogens is 382 g/mol. The molecule has 2 N–H and O–H groups in total. The summed E-state index contributed by atoms with van der Waals surface area (Å²) in [6, 6.07) is 12.3. The van der Waals surface area contributed by atoms with Crippen LogP contribution in [0.3, 0.4) is 0 Å². The second-order valence-electron chi connectivity index (χ2n) is 5.69. The van der Waals surface area contributed by atoms with E-state index in [1.807, 2.05) is 0 Å². The Morgan fingerprint density at radius 2 is 1.82 bits per heavy atom. The molecule has 0 bridgehead atoms. The highest BCUT2D eigenvalue weighted by molar-refractivity contribution is 6.30. The zero-order valence-electron chi connectivity index (χ0n) is 14.8. The maximum atomic E-state index is 12.6. The second kappa shape index (κ2) is 8.45. The highest BCUT2D eigenvalue weighted by Crippen LogP contribution is 2.18. The zero-order chi connectivity index (χ0) is 20.1. The number of nitrogens with zero attached hydrogens (tertiary/aromatic N) is 3. The number of carbonyl (C=O) groups excluding carboxylic acids is 2. The minimum absolute atomic E-state index is 0.0658. The van der Waals surface area contributed by atoms with Crippen LogP contribution >= 0.6 is 11.6 Å². The van der Waals surface area contributed by atoms with Gasteiger partial charge in [-0.2, -0.15) is 5.10 Å². The third kappa shape index (κ3) is 4.41. The number of hydrogen-bond donors (Lipinski definition) is 2. The number of carbonyl (C=O) groups is 2. The minimum Gasteiger partial charge on any atom is -0.320 e. The topological polar surface area (TPSA) is 106 Å². The number of rotatable bonds is 5. The van der Waals surface area contributed by atoms with Crippen LogP contribution in [-0.2, 0) is 6.54 Å². The number of hydrogen-bond acceptors (Lipinski definition) is 5. The van der Waals surface area contributed by atoms with E-state index < -0.39 is 11.8 Å². The van der Waals surface area contributed by atoms with Crippen LogP contribution in [0.1, 0.15) is 27.8 Å². The van der Waals surface area contributed by atoms with Gasteiger partial charge in [0.1, 0.15) is 11.5 Å². The van der Waals surface area contributed by atoms with Gasteiger partial charge in [0, 0.05) is 18.8 Å². The molecule has 0 aliphatic carbocycles. The van der Waals surface area contributed by atoms with Crippen molar-refractivity contribution in [2.75, 3.05) is 10.6 Å². The molecule has 0 radical (unpaired) electrons. The van der Waals surface area contributed by atoms with Crippen molar-refractivity contribution < 1.29 is 9.59 Å². The molecule has 142 valence electrons. The molecule has 2 amide bonds. The van der Waals surface area contributed by atoms with Gasteiger partial charge in [0.2, 0.25) is 0 Å². The second-order valence-corrected chi connectivity index (χ2v) is 6.12. The van der Waals surface area contributed by atoms with Gasteiger partial charge in [-0.05, 0) is 37.3 Å². The number of benzene rings is 1. The first kappa shape index (κ1) is 19.2. The van der Waals surface area contributed by atoms with Crippen LogP contribution in [0.25, 0.3) is 0 Å². The molecule has 9 heteroatoms. The Hall–Kier alpha value is -3.52. The van der Waals surface area contributed by atoms with E-state index in [1.54, 1.807) is 43.3 Å². The number of aryl methyl sites for hydroxylation is 1. The molecule has 0 unspecified atom stereocenters. The Bertz CT molecular complexity index is 1080. The van der Waals surface area contributed by atoms with E-state index >= 15 is 0 Å². The summed E-state index contributed by atoms with van der Waals surface area (Å²) < 4.78 is 1.18. The Labute approximate surface area is 165 Å². The summed E-state index contributed by atoms with van der Waals surface area (Å²) >= 11 is 5.79. The Morgan fingerprint density at radius 3 is 2.54 bits per heavy atom. The highest BCUT2D eigenvalue weighted by atomic mass is 35.5. The summed E-state index contributed by atoms with van der Waals surface area (Å²) in [6.07, 6.45) is 1.42. The number of para-hydroxylation sites is 1. The molecule has 28 heavy (non-hydrogen) atoms. The van der Waals surface area contributed by atoms with E-state index in [2.05, 4.69) is 20.7 Å². The van der Waals surface area contributed by atoms with Gasteiger partial charge in [-0.1, -0.05) is 23.7 Å². The molecule has 0 aliphatic rings. The van der Waals surface area contributed by atoms with E-state index in [4.69, 9.17) is 11.6 Å². The molecule has 0 saturated carbocycles. The molecule has 3 aromatic rings. The van der Waals surface area contributed by atoms with Gasteiger partial charge in [0.25, 0.3) is 17.4 Å². The average Bonchev–Trinajstić information content (AvgIpc) is 2.70. The van der Waals surface area contributed by atoms with Gasteiger partial charge >= 0.3 is 0 Å². The van der Waals surface area contributed by atoms with Crippen molar-refractivity contribution >= 4 is 34.9 Å². The number of pyridine rings is 1. The monoisotopic (exact) mass is 397 g/mol. The molecule has 1 aromatic carbocycles. The van der Waals surface area contributed by atoms with E-state index in [9.17, 15) is 14.4 Å². The van der Waals surface area contributed by atoms with Crippen LogP contribution in [-0.4, -0.2) is 26.6 Å². The SMILES string of the molecule is CCn1nc(C(=O)Nc2ccccc2C(=O)Nc2ccc(Cl)cn2)ccc1=O. The van der Waals surface area contributed by atoms with E-state index in [0.717, 1.165) is 0 Å². The molecule has 0 fully saturated rings. The summed E-state index contributed by atoms with van der Waals surface area (Å²) in [4.78, 5) is 40.7. The van der Waals surface area contributed by atoms with Crippen LogP contribution in [0.4, 0.5) is 11.5 Å². The first-order valence-corrected chi connectivity index (χ1v) is 8.77. The van der Waals surface area contributed by atoms with Gasteiger partial charge in [-0.15, -0.1) is 0 Å². The van der Waals surface area contributed by atoms with Crippen molar-refractivity contribution in [2.24, 2.45) is 0 Å². The van der Waals surface area contributed by atoms with Crippen LogP contribution in [0.15, 0.2) is 59.5 Å². The van der Waals surface area contributed by atoms with E-state index in [1.165, 1.54) is 23.0 Å². The smallest absolute Gasteiger partial charge is 0.276 e. The maximum Gasteiger partial charge on any atom is 0.276 e. The molecule has 0 atom stereocenters. The number of halogens is 1. The molecule has 3 rings (SSSR count). The molecule has 0 saturated heterocycles. The summed E-state index contributed by atoms with van der Waals surface area (Å²) in [5, 5.41) is 9.75. The molecule has 2 heterocycles. The molecular formula is C19H16ClN5O3. The number of amides is 2. The predicted molar refractivity (Wildman–Crippen MR) is 106 cm³/mol. The van der Waals surface area contributed by atoms with Crippen LogP contribution in [0.2, 0.25) is 5.02 Å². The van der Waals surface area contributed by atoms with Gasteiger partial charge in [0.05, 0.1) is 16.3 Å². The normalized spacial score (nSPS) is 10.4. The lowest BCUT2D eigenvalue weighted by Gasteiger charge is -2.11. The first-order chi connectivity index (χ1) is 13.5. The molecule has 0 aliphatic heterocycles. The number of anilines is 2. The van der Waals surface area contributed by atoms with Crippen molar-refractivity contribution in [3.05, 3.63) is 81.4 Å². The van der Waals surface area contributed by atoms with E-state index in [0.29, 0.717) is 23.1 Å². The summed E-state index contributed by atoms with van der Waals surface area (Å²) in [5.74, 6) is -0.656. The third-order valence-electron chi connectivity index (χ3n) is 3.79. The van der Waals surface area contributed by atoms with Gasteiger partial charge < -0.3 is 10.6 Å². The van der Waals surface area contributed by atoms with Crippen molar-refractivity contribution in [2.45, 2.75) is 13.5 Å². The fourth-order valence-electron chi connectivity index (χ4n) is 2.41. The molecule has 0 spiro atoms. The number of nitrogens with one attached hydrogen (secondary N) is 2. The maximum absolute atomic E-state index is 12.6. The predicted octanol–water partition coefficient (Wildman–Crippen LogP) is 2.82. The first-order valence-electron chi connectivity index (χ1n) is 8.39. The third-order valence-corrected chi connectivity index (χ3v) is 4.01. The van der Waals surface area contributed by atoms with Crippen molar-refractivity contribution in [3.8, 4) is 0 Å². The van der Waals surface area contributed by atoms with Crippen molar-refractivity contribution in [3.63, 3.8) is 0 Å². The minimum atomic E-state index is -0.535. The Kier molecular flexibility index (Phi) is 5.81. The lowest BCUT2D eigenvalue weighted by atomic mass is 10.1. The van der Waals surface area contributed by atoms with Crippen LogP contribution < -0.4 is 16.2 Å². The van der Waals surface area contributed by atoms with Crippen molar-refractivity contribution in [1.29, 1.82) is 0 Å². The highest BCUT2D eigenvalue weighted by Gasteiger charge is 2.16. The fraction of sp³-hybridized carbons (Fsp3) is 0.105.